The molecule has 0 bridgehead atoms. The van der Waals surface area contributed by atoms with Crippen molar-refractivity contribution >= 4 is 41.6 Å². The highest BCUT2D eigenvalue weighted by Crippen LogP contribution is 2.52. The molecule has 6 heteroatoms. The maximum atomic E-state index is 9.15. The molecule has 0 saturated carbocycles. The van der Waals surface area contributed by atoms with Crippen LogP contribution in [-0.4, -0.2) is 11.5 Å². The van der Waals surface area contributed by atoms with Crippen LogP contribution in [0.3, 0.4) is 0 Å². The fourth-order valence-corrected chi connectivity index (χ4v) is 2.97. The standard InChI is InChI=1S/C14H19ClN2O2.ClH/c1-3-5-6-14(4-2)8-17-12-9(15)7-10(16)13(19-18)11(12)14;/h7-8,18H,3-6,16H2,1-2H3;1H. The number of fused-ring (bicyclic) bond motifs is 1. The van der Waals surface area contributed by atoms with Gasteiger partial charge in [-0.25, -0.2) is 5.26 Å². The minimum atomic E-state index is -0.248. The van der Waals surface area contributed by atoms with E-state index in [0.717, 1.165) is 31.2 Å². The second-order valence-electron chi connectivity index (χ2n) is 4.96. The highest BCUT2D eigenvalue weighted by molar-refractivity contribution is 6.34. The molecule has 20 heavy (non-hydrogen) atoms. The second-order valence-corrected chi connectivity index (χ2v) is 5.37. The molecule has 1 aromatic carbocycles. The van der Waals surface area contributed by atoms with Crippen molar-refractivity contribution < 1.29 is 10.1 Å². The maximum Gasteiger partial charge on any atom is 0.194 e. The number of anilines is 1. The Balaban J connectivity index is 0.00000200. The molecule has 0 amide bonds. The lowest BCUT2D eigenvalue weighted by atomic mass is 9.75. The summed E-state index contributed by atoms with van der Waals surface area (Å²) in [6.07, 6.45) is 5.88. The number of benzene rings is 1. The lowest BCUT2D eigenvalue weighted by Gasteiger charge is -2.27. The molecule has 0 aromatic heterocycles. The van der Waals surface area contributed by atoms with E-state index in [0.29, 0.717) is 16.4 Å². The largest absolute Gasteiger partial charge is 0.396 e. The third-order valence-electron chi connectivity index (χ3n) is 3.87. The van der Waals surface area contributed by atoms with Crippen molar-refractivity contribution in [1.29, 1.82) is 0 Å². The Morgan fingerprint density at radius 2 is 2.15 bits per heavy atom. The molecular weight excluding hydrogens is 299 g/mol. The number of nitrogen functional groups attached to an aromatic ring is 1. The van der Waals surface area contributed by atoms with Crippen molar-refractivity contribution in [1.82, 2.24) is 0 Å². The Hall–Kier alpha value is -0.970. The summed E-state index contributed by atoms with van der Waals surface area (Å²) in [5.74, 6) is 0.287. The number of nitrogens with two attached hydrogens (primary N) is 1. The van der Waals surface area contributed by atoms with Gasteiger partial charge in [0.15, 0.2) is 5.75 Å². The van der Waals surface area contributed by atoms with Gasteiger partial charge in [0.1, 0.15) is 0 Å². The van der Waals surface area contributed by atoms with Crippen molar-refractivity contribution in [2.45, 2.75) is 44.9 Å². The third kappa shape index (κ3) is 2.60. The summed E-state index contributed by atoms with van der Waals surface area (Å²) in [5, 5.41) is 9.64. The molecule has 112 valence electrons. The van der Waals surface area contributed by atoms with E-state index in [9.17, 15) is 0 Å². The summed E-state index contributed by atoms with van der Waals surface area (Å²) in [7, 11) is 0. The van der Waals surface area contributed by atoms with E-state index in [1.165, 1.54) is 0 Å². The molecule has 1 aromatic rings. The number of rotatable bonds is 5. The van der Waals surface area contributed by atoms with E-state index in [-0.39, 0.29) is 23.6 Å². The average molecular weight is 319 g/mol. The molecule has 1 aliphatic rings. The predicted molar refractivity (Wildman–Crippen MR) is 86.0 cm³/mol. The van der Waals surface area contributed by atoms with Crippen LogP contribution in [0.4, 0.5) is 11.4 Å². The topological polar surface area (TPSA) is 67.8 Å². The molecule has 0 aliphatic carbocycles. The first-order chi connectivity index (χ1) is 9.09. The minimum absolute atomic E-state index is 0. The molecule has 4 nitrogen and oxygen atoms in total. The summed E-state index contributed by atoms with van der Waals surface area (Å²) in [6.45, 7) is 4.24. The minimum Gasteiger partial charge on any atom is -0.396 e. The van der Waals surface area contributed by atoms with Gasteiger partial charge >= 0.3 is 0 Å². The van der Waals surface area contributed by atoms with Crippen molar-refractivity contribution in [3.8, 4) is 5.75 Å². The molecule has 2 rings (SSSR count). The highest BCUT2D eigenvalue weighted by atomic mass is 35.5. The van der Waals surface area contributed by atoms with Crippen LogP contribution in [0.2, 0.25) is 5.02 Å². The lowest BCUT2D eigenvalue weighted by Crippen LogP contribution is -2.25. The first-order valence-electron chi connectivity index (χ1n) is 6.58. The van der Waals surface area contributed by atoms with Crippen LogP contribution in [0.25, 0.3) is 0 Å². The third-order valence-corrected chi connectivity index (χ3v) is 4.16. The van der Waals surface area contributed by atoms with Gasteiger partial charge in [0.25, 0.3) is 0 Å². The molecule has 0 radical (unpaired) electrons. The van der Waals surface area contributed by atoms with E-state index < -0.39 is 0 Å². The number of unbranched alkanes of at least 4 members (excludes halogenated alkanes) is 1. The van der Waals surface area contributed by atoms with Crippen LogP contribution < -0.4 is 10.6 Å². The van der Waals surface area contributed by atoms with Crippen LogP contribution in [0.5, 0.6) is 5.75 Å². The van der Waals surface area contributed by atoms with Crippen LogP contribution in [0.15, 0.2) is 11.1 Å². The molecule has 0 saturated heterocycles. The summed E-state index contributed by atoms with van der Waals surface area (Å²) >= 11 is 6.19. The summed E-state index contributed by atoms with van der Waals surface area (Å²) in [6, 6.07) is 1.56. The van der Waals surface area contributed by atoms with Gasteiger partial charge in [-0.3, -0.25) is 4.99 Å². The lowest BCUT2D eigenvalue weighted by molar-refractivity contribution is -0.137. The monoisotopic (exact) mass is 318 g/mol. The molecular formula is C14H20Cl2N2O2. The number of hydrogen-bond acceptors (Lipinski definition) is 4. The summed E-state index contributed by atoms with van der Waals surface area (Å²) in [5.41, 5.74) is 7.46. The van der Waals surface area contributed by atoms with Gasteiger partial charge in [-0.1, -0.05) is 38.3 Å². The van der Waals surface area contributed by atoms with Crippen LogP contribution in [0.1, 0.15) is 45.1 Å². The van der Waals surface area contributed by atoms with Crippen LogP contribution in [-0.2, 0) is 5.41 Å². The van der Waals surface area contributed by atoms with Gasteiger partial charge in [0.05, 0.1) is 16.4 Å². The second kappa shape index (κ2) is 6.66. The molecule has 1 atom stereocenters. The van der Waals surface area contributed by atoms with E-state index in [2.05, 4.69) is 23.7 Å². The van der Waals surface area contributed by atoms with Gasteiger partial charge in [-0.2, -0.15) is 0 Å². The Morgan fingerprint density at radius 1 is 1.45 bits per heavy atom. The summed E-state index contributed by atoms with van der Waals surface area (Å²) in [4.78, 5) is 8.94. The van der Waals surface area contributed by atoms with Crippen molar-refractivity contribution in [3.63, 3.8) is 0 Å². The van der Waals surface area contributed by atoms with Crippen LogP contribution >= 0.6 is 24.0 Å². The molecule has 1 heterocycles. The van der Waals surface area contributed by atoms with Crippen molar-refractivity contribution in [2.75, 3.05) is 5.73 Å². The van der Waals surface area contributed by atoms with E-state index in [4.69, 9.17) is 22.6 Å². The number of aliphatic imine (C=N–C) groups is 1. The van der Waals surface area contributed by atoms with Crippen LogP contribution in [0, 0.1) is 0 Å². The Bertz CT molecular complexity index is 520. The average Bonchev–Trinajstić information content (AvgIpc) is 2.78. The Labute approximate surface area is 130 Å². The smallest absolute Gasteiger partial charge is 0.194 e. The first kappa shape index (κ1) is 17.1. The van der Waals surface area contributed by atoms with Crippen molar-refractivity contribution in [2.24, 2.45) is 4.99 Å². The molecule has 0 fully saturated rings. The van der Waals surface area contributed by atoms with E-state index in [1.807, 2.05) is 6.21 Å². The van der Waals surface area contributed by atoms with Gasteiger partial charge in [0.2, 0.25) is 0 Å². The quantitative estimate of drug-likeness (QED) is 0.467. The molecule has 3 N–H and O–H groups in total. The zero-order valence-corrected chi connectivity index (χ0v) is 13.2. The van der Waals surface area contributed by atoms with Gasteiger partial charge in [-0.05, 0) is 18.9 Å². The predicted octanol–water partition coefficient (Wildman–Crippen LogP) is 4.75. The zero-order chi connectivity index (χ0) is 14.0. The molecule has 1 aliphatic heterocycles. The van der Waals surface area contributed by atoms with E-state index >= 15 is 0 Å². The first-order valence-corrected chi connectivity index (χ1v) is 6.96. The van der Waals surface area contributed by atoms with E-state index in [1.54, 1.807) is 6.07 Å². The maximum absolute atomic E-state index is 9.15. The van der Waals surface area contributed by atoms with Gasteiger partial charge in [-0.15, -0.1) is 12.4 Å². The molecule has 0 spiro atoms. The SMILES string of the molecule is CCCCC1(CC)C=Nc2c(Cl)cc(N)c(OO)c21.Cl. The van der Waals surface area contributed by atoms with Gasteiger partial charge < -0.3 is 10.6 Å². The Kier molecular flexibility index (Phi) is 5.68. The Morgan fingerprint density at radius 3 is 2.70 bits per heavy atom. The fourth-order valence-electron chi connectivity index (χ4n) is 2.71. The zero-order valence-electron chi connectivity index (χ0n) is 11.6. The fraction of sp³-hybridized carbons (Fsp3) is 0.500. The highest BCUT2D eigenvalue weighted by Gasteiger charge is 2.39. The number of hydrogen-bond donors (Lipinski definition) is 2. The molecule has 1 unspecified atom stereocenters. The van der Waals surface area contributed by atoms with Gasteiger partial charge in [0, 0.05) is 17.2 Å². The summed E-state index contributed by atoms with van der Waals surface area (Å²) < 4.78 is 0. The normalized spacial score (nSPS) is 19.6. The van der Waals surface area contributed by atoms with Crippen molar-refractivity contribution in [3.05, 3.63) is 16.7 Å². The number of halogens is 2. The number of nitrogens with zero attached hydrogens (tertiary/aromatic N) is 1.